The first-order chi connectivity index (χ1) is 10.8. The minimum Gasteiger partial charge on any atom is -0.497 e. The van der Waals surface area contributed by atoms with Crippen LogP contribution in [0.5, 0.6) is 5.75 Å². The second kappa shape index (κ2) is 6.91. The molecule has 0 saturated heterocycles. The fourth-order valence-corrected chi connectivity index (χ4v) is 3.71. The molecule has 0 aliphatic heterocycles. The van der Waals surface area contributed by atoms with E-state index in [1.807, 2.05) is 24.3 Å². The van der Waals surface area contributed by atoms with Crippen LogP contribution < -0.4 is 4.74 Å². The number of hydrogen-bond donors (Lipinski definition) is 1. The summed E-state index contributed by atoms with van der Waals surface area (Å²) in [6.45, 7) is 3.80. The van der Waals surface area contributed by atoms with Gasteiger partial charge in [-0.1, -0.05) is 31.4 Å². The number of benzene rings is 1. The average Bonchev–Trinajstić information content (AvgIpc) is 2.53. The van der Waals surface area contributed by atoms with Gasteiger partial charge in [-0.3, -0.25) is 4.79 Å². The lowest BCUT2D eigenvalue weighted by Crippen LogP contribution is -2.50. The molecule has 1 aromatic carbocycles. The van der Waals surface area contributed by atoms with Crippen molar-refractivity contribution in [3.05, 3.63) is 29.8 Å². The summed E-state index contributed by atoms with van der Waals surface area (Å²) in [5.41, 5.74) is -0.296. The van der Waals surface area contributed by atoms with Crippen LogP contribution in [-0.4, -0.2) is 42.2 Å². The summed E-state index contributed by atoms with van der Waals surface area (Å²) in [7, 11) is 3.44. The van der Waals surface area contributed by atoms with Gasteiger partial charge in [0.1, 0.15) is 5.75 Å². The number of nitrogens with zero attached hydrogens (tertiary/aromatic N) is 1. The van der Waals surface area contributed by atoms with Gasteiger partial charge in [-0.25, -0.2) is 0 Å². The van der Waals surface area contributed by atoms with Crippen molar-refractivity contribution in [1.82, 2.24) is 4.90 Å². The molecule has 4 nitrogen and oxygen atoms in total. The smallest absolute Gasteiger partial charge is 0.233 e. The molecule has 1 aliphatic rings. The summed E-state index contributed by atoms with van der Waals surface area (Å²) in [4.78, 5) is 14.9. The molecule has 1 amide bonds. The highest BCUT2D eigenvalue weighted by Gasteiger charge is 2.43. The Labute approximate surface area is 139 Å². The lowest BCUT2D eigenvalue weighted by atomic mass is 9.68. The topological polar surface area (TPSA) is 49.8 Å². The molecular weight excluding hydrogens is 290 g/mol. The molecular formula is C19H29NO3. The van der Waals surface area contributed by atoms with Crippen LogP contribution in [-0.2, 0) is 10.2 Å². The SMILES string of the molecule is COc1ccc(C2(C(=O)N(C)CC(C)(C)O)CCCCC2)cc1. The molecule has 128 valence electrons. The normalized spacial score (nSPS) is 17.6. The van der Waals surface area contributed by atoms with Gasteiger partial charge < -0.3 is 14.7 Å². The molecule has 1 fully saturated rings. The van der Waals surface area contributed by atoms with E-state index in [0.717, 1.165) is 37.0 Å². The summed E-state index contributed by atoms with van der Waals surface area (Å²) < 4.78 is 5.23. The minimum atomic E-state index is -0.889. The van der Waals surface area contributed by atoms with Gasteiger partial charge >= 0.3 is 0 Å². The molecule has 0 aromatic heterocycles. The van der Waals surface area contributed by atoms with Crippen LogP contribution in [0.3, 0.4) is 0 Å². The van der Waals surface area contributed by atoms with Crippen molar-refractivity contribution in [1.29, 1.82) is 0 Å². The first kappa shape index (κ1) is 17.8. The average molecular weight is 319 g/mol. The Morgan fingerprint density at radius 2 is 1.78 bits per heavy atom. The highest BCUT2D eigenvalue weighted by Crippen LogP contribution is 2.41. The number of carbonyl (C=O) groups is 1. The van der Waals surface area contributed by atoms with Crippen molar-refractivity contribution in [3.63, 3.8) is 0 Å². The van der Waals surface area contributed by atoms with Crippen LogP contribution >= 0.6 is 0 Å². The number of likely N-dealkylation sites (N-methyl/N-ethyl adjacent to an activating group) is 1. The zero-order valence-electron chi connectivity index (χ0n) is 14.8. The molecule has 0 unspecified atom stereocenters. The Kier molecular flexibility index (Phi) is 5.35. The van der Waals surface area contributed by atoms with Gasteiger partial charge in [0, 0.05) is 13.6 Å². The third-order valence-electron chi connectivity index (χ3n) is 4.73. The number of methoxy groups -OCH3 is 1. The van der Waals surface area contributed by atoms with E-state index in [2.05, 4.69) is 0 Å². The molecule has 2 rings (SSSR count). The third kappa shape index (κ3) is 4.05. The first-order valence-electron chi connectivity index (χ1n) is 8.41. The summed E-state index contributed by atoms with van der Waals surface area (Å²) in [5, 5.41) is 10.0. The fraction of sp³-hybridized carbons (Fsp3) is 0.632. The van der Waals surface area contributed by atoms with E-state index in [0.29, 0.717) is 6.54 Å². The van der Waals surface area contributed by atoms with Crippen molar-refractivity contribution in [2.75, 3.05) is 20.7 Å². The van der Waals surface area contributed by atoms with Crippen molar-refractivity contribution >= 4 is 5.91 Å². The van der Waals surface area contributed by atoms with Crippen LogP contribution in [0.4, 0.5) is 0 Å². The largest absolute Gasteiger partial charge is 0.497 e. The molecule has 0 spiro atoms. The zero-order valence-corrected chi connectivity index (χ0v) is 14.8. The number of ether oxygens (including phenoxy) is 1. The van der Waals surface area contributed by atoms with E-state index in [1.54, 1.807) is 32.9 Å². The molecule has 1 N–H and O–H groups in total. The van der Waals surface area contributed by atoms with E-state index in [-0.39, 0.29) is 5.91 Å². The molecule has 1 saturated carbocycles. The van der Waals surface area contributed by atoms with Crippen LogP contribution in [0.1, 0.15) is 51.5 Å². The van der Waals surface area contributed by atoms with E-state index in [1.165, 1.54) is 6.42 Å². The summed E-state index contributed by atoms with van der Waals surface area (Å²) >= 11 is 0. The van der Waals surface area contributed by atoms with Gasteiger partial charge in [0.15, 0.2) is 0 Å². The number of hydrogen-bond acceptors (Lipinski definition) is 3. The maximum atomic E-state index is 13.2. The van der Waals surface area contributed by atoms with Gasteiger partial charge in [-0.15, -0.1) is 0 Å². The summed E-state index contributed by atoms with van der Waals surface area (Å²) in [5.74, 6) is 0.918. The lowest BCUT2D eigenvalue weighted by molar-refractivity contribution is -0.140. The van der Waals surface area contributed by atoms with E-state index in [4.69, 9.17) is 4.74 Å². The first-order valence-corrected chi connectivity index (χ1v) is 8.41. The van der Waals surface area contributed by atoms with Gasteiger partial charge in [0.25, 0.3) is 0 Å². The van der Waals surface area contributed by atoms with Crippen LogP contribution in [0.15, 0.2) is 24.3 Å². The van der Waals surface area contributed by atoms with E-state index < -0.39 is 11.0 Å². The number of aliphatic hydroxyl groups is 1. The highest BCUT2D eigenvalue weighted by molar-refractivity contribution is 5.88. The quantitative estimate of drug-likeness (QED) is 0.907. The van der Waals surface area contributed by atoms with Gasteiger partial charge in [-0.05, 0) is 44.4 Å². The van der Waals surface area contributed by atoms with Crippen LogP contribution in [0.25, 0.3) is 0 Å². The molecule has 0 heterocycles. The number of amides is 1. The maximum Gasteiger partial charge on any atom is 0.233 e. The Morgan fingerprint density at radius 3 is 2.26 bits per heavy atom. The predicted octanol–water partition coefficient (Wildman–Crippen LogP) is 3.13. The molecule has 1 aliphatic carbocycles. The van der Waals surface area contributed by atoms with Gasteiger partial charge in [0.2, 0.25) is 5.91 Å². The standard InChI is InChI=1S/C19H29NO3/c1-18(2,22)14-20(3)17(21)19(12-6-5-7-13-19)15-8-10-16(23-4)11-9-15/h8-11,22H,5-7,12-14H2,1-4H3. The number of carbonyl (C=O) groups excluding carboxylic acids is 1. The minimum absolute atomic E-state index is 0.115. The second-order valence-corrected chi connectivity index (χ2v) is 7.34. The molecule has 0 bridgehead atoms. The van der Waals surface area contributed by atoms with Gasteiger partial charge in [0.05, 0.1) is 18.1 Å². The summed E-state index contributed by atoms with van der Waals surface area (Å²) in [6.07, 6.45) is 5.05. The van der Waals surface area contributed by atoms with Crippen LogP contribution in [0.2, 0.25) is 0 Å². The Balaban J connectivity index is 2.32. The lowest BCUT2D eigenvalue weighted by Gasteiger charge is -2.40. The van der Waals surface area contributed by atoms with Crippen molar-refractivity contribution in [2.24, 2.45) is 0 Å². The highest BCUT2D eigenvalue weighted by atomic mass is 16.5. The van der Waals surface area contributed by atoms with Gasteiger partial charge in [-0.2, -0.15) is 0 Å². The van der Waals surface area contributed by atoms with Crippen LogP contribution in [0, 0.1) is 0 Å². The molecule has 0 atom stereocenters. The molecule has 4 heteroatoms. The number of rotatable bonds is 5. The van der Waals surface area contributed by atoms with E-state index in [9.17, 15) is 9.90 Å². The Morgan fingerprint density at radius 1 is 1.22 bits per heavy atom. The predicted molar refractivity (Wildman–Crippen MR) is 91.7 cm³/mol. The van der Waals surface area contributed by atoms with Crippen molar-refractivity contribution in [2.45, 2.75) is 57.0 Å². The fourth-order valence-electron chi connectivity index (χ4n) is 3.71. The molecule has 0 radical (unpaired) electrons. The zero-order chi connectivity index (χ0) is 17.1. The third-order valence-corrected chi connectivity index (χ3v) is 4.73. The maximum absolute atomic E-state index is 13.2. The monoisotopic (exact) mass is 319 g/mol. The molecule has 23 heavy (non-hydrogen) atoms. The Bertz CT molecular complexity index is 525. The Hall–Kier alpha value is -1.55. The van der Waals surface area contributed by atoms with Crippen molar-refractivity contribution < 1.29 is 14.6 Å². The molecule has 1 aromatic rings. The van der Waals surface area contributed by atoms with Crippen molar-refractivity contribution in [3.8, 4) is 5.75 Å². The second-order valence-electron chi connectivity index (χ2n) is 7.34. The summed E-state index contributed by atoms with van der Waals surface area (Å²) in [6, 6.07) is 7.88. The van der Waals surface area contributed by atoms with E-state index >= 15 is 0 Å².